The van der Waals surface area contributed by atoms with E-state index in [0.717, 1.165) is 4.70 Å². The molecule has 4 nitrogen and oxygen atoms in total. The fraction of sp³-hybridized carbons (Fsp3) is 0. The topological polar surface area (TPSA) is 54.0 Å². The molecule has 1 amide bonds. The van der Waals surface area contributed by atoms with E-state index in [1.807, 2.05) is 11.4 Å². The molecule has 0 bridgehead atoms. The van der Waals surface area contributed by atoms with Gasteiger partial charge in [0.1, 0.15) is 5.52 Å². The lowest BCUT2D eigenvalue weighted by atomic mass is 10.3. The van der Waals surface area contributed by atoms with E-state index in [4.69, 9.17) is 35.4 Å². The first-order valence-corrected chi connectivity index (χ1v) is 8.81. The van der Waals surface area contributed by atoms with Gasteiger partial charge in [-0.2, -0.15) is 0 Å². The van der Waals surface area contributed by atoms with Crippen molar-refractivity contribution in [3.8, 4) is 0 Å². The van der Waals surface area contributed by atoms with Crippen molar-refractivity contribution in [2.24, 2.45) is 0 Å². The highest BCUT2D eigenvalue weighted by Gasteiger charge is 2.13. The number of aromatic nitrogens is 1. The third-order valence-electron chi connectivity index (χ3n) is 2.64. The van der Waals surface area contributed by atoms with E-state index in [2.05, 4.69) is 15.6 Å². The number of nitrogens with zero attached hydrogens (tertiary/aromatic N) is 1. The van der Waals surface area contributed by atoms with Crippen LogP contribution >= 0.6 is 58.1 Å². The van der Waals surface area contributed by atoms with Gasteiger partial charge in [0.05, 0.1) is 19.6 Å². The molecule has 2 heterocycles. The largest absolute Gasteiger partial charge is 0.308 e. The number of thiazole rings is 1. The van der Waals surface area contributed by atoms with Crippen LogP contribution in [0.5, 0.6) is 0 Å². The summed E-state index contributed by atoms with van der Waals surface area (Å²) in [6, 6.07) is 7.07. The lowest BCUT2D eigenvalue weighted by Crippen LogP contribution is -2.33. The predicted molar refractivity (Wildman–Crippen MR) is 97.6 cm³/mol. The van der Waals surface area contributed by atoms with Gasteiger partial charge in [0, 0.05) is 0 Å². The molecule has 0 spiro atoms. The molecule has 1 aromatic carbocycles. The minimum absolute atomic E-state index is 0.180. The number of carbonyl (C=O) groups excluding carboxylic acids is 1. The second-order valence-corrected chi connectivity index (χ2v) is 7.28. The number of fused-ring (bicyclic) bond motifs is 1. The number of halogens is 2. The molecule has 2 aromatic heterocycles. The second-order valence-electron chi connectivity index (χ2n) is 4.11. The number of hydrogen-bond donors (Lipinski definition) is 2. The van der Waals surface area contributed by atoms with Crippen molar-refractivity contribution >= 4 is 84.5 Å². The molecule has 3 aromatic rings. The van der Waals surface area contributed by atoms with Crippen LogP contribution in [0.15, 0.2) is 29.6 Å². The van der Waals surface area contributed by atoms with Gasteiger partial charge in [0.2, 0.25) is 0 Å². The normalized spacial score (nSPS) is 10.6. The summed E-state index contributed by atoms with van der Waals surface area (Å²) in [7, 11) is 0. The van der Waals surface area contributed by atoms with Crippen LogP contribution in [0.2, 0.25) is 10.0 Å². The smallest absolute Gasteiger partial charge is 0.267 e. The van der Waals surface area contributed by atoms with Crippen molar-refractivity contribution in [3.63, 3.8) is 0 Å². The van der Waals surface area contributed by atoms with Gasteiger partial charge in [-0.1, -0.05) is 40.6 Å². The Morgan fingerprint density at radius 2 is 2.09 bits per heavy atom. The van der Waals surface area contributed by atoms with E-state index in [-0.39, 0.29) is 11.0 Å². The number of thiophene rings is 1. The van der Waals surface area contributed by atoms with E-state index in [0.29, 0.717) is 25.6 Å². The van der Waals surface area contributed by atoms with Crippen LogP contribution in [-0.2, 0) is 0 Å². The Morgan fingerprint density at radius 3 is 2.82 bits per heavy atom. The number of thiocarbonyl (C=S) groups is 1. The minimum Gasteiger partial charge on any atom is -0.308 e. The van der Waals surface area contributed by atoms with E-state index < -0.39 is 0 Å². The first-order chi connectivity index (χ1) is 10.5. The van der Waals surface area contributed by atoms with Crippen LogP contribution in [0.4, 0.5) is 5.13 Å². The Balaban J connectivity index is 1.74. The molecule has 112 valence electrons. The molecule has 0 fully saturated rings. The summed E-state index contributed by atoms with van der Waals surface area (Å²) in [5.41, 5.74) is 0.606. The molecule has 0 aliphatic carbocycles. The summed E-state index contributed by atoms with van der Waals surface area (Å²) in [6.45, 7) is 0. The van der Waals surface area contributed by atoms with Gasteiger partial charge >= 0.3 is 0 Å². The number of anilines is 1. The number of benzene rings is 1. The third kappa shape index (κ3) is 3.23. The summed E-state index contributed by atoms with van der Waals surface area (Å²) >= 11 is 19.9. The third-order valence-corrected chi connectivity index (χ3v) is 5.45. The van der Waals surface area contributed by atoms with Crippen LogP contribution < -0.4 is 10.6 Å². The SMILES string of the molecule is O=C(NC(=S)Nc1nc2c(Cl)c(Cl)ccc2s1)c1cccs1. The number of carbonyl (C=O) groups is 1. The molecule has 0 aliphatic heterocycles. The average Bonchev–Trinajstić information content (AvgIpc) is 3.12. The quantitative estimate of drug-likeness (QED) is 0.620. The van der Waals surface area contributed by atoms with E-state index in [9.17, 15) is 4.79 Å². The maximum absolute atomic E-state index is 11.9. The van der Waals surface area contributed by atoms with Crippen molar-refractivity contribution < 1.29 is 4.79 Å². The Morgan fingerprint density at radius 1 is 1.27 bits per heavy atom. The molecular weight excluding hydrogens is 381 g/mol. The van der Waals surface area contributed by atoms with Crippen molar-refractivity contribution in [1.29, 1.82) is 0 Å². The van der Waals surface area contributed by atoms with Gasteiger partial charge in [0.25, 0.3) is 5.91 Å². The molecular formula is C13H7Cl2N3OS3. The Hall–Kier alpha value is -1.25. The summed E-state index contributed by atoms with van der Waals surface area (Å²) in [5.74, 6) is -0.255. The summed E-state index contributed by atoms with van der Waals surface area (Å²) in [4.78, 5) is 16.8. The molecule has 9 heteroatoms. The fourth-order valence-electron chi connectivity index (χ4n) is 1.69. The lowest BCUT2D eigenvalue weighted by molar-refractivity contribution is 0.0981. The van der Waals surface area contributed by atoms with Gasteiger partial charge < -0.3 is 5.32 Å². The lowest BCUT2D eigenvalue weighted by Gasteiger charge is -2.05. The van der Waals surface area contributed by atoms with Crippen LogP contribution in [0.25, 0.3) is 10.2 Å². The molecule has 2 N–H and O–H groups in total. The molecule has 0 radical (unpaired) electrons. The Kier molecular flexibility index (Phi) is 4.60. The predicted octanol–water partition coefficient (Wildman–Crippen LogP) is 4.79. The zero-order valence-corrected chi connectivity index (χ0v) is 14.7. The zero-order valence-electron chi connectivity index (χ0n) is 10.7. The molecule has 0 unspecified atom stereocenters. The average molecular weight is 388 g/mol. The fourth-order valence-corrected chi connectivity index (χ4v) is 3.86. The summed E-state index contributed by atoms with van der Waals surface area (Å²) in [6.07, 6.45) is 0. The second kappa shape index (κ2) is 6.47. The van der Waals surface area contributed by atoms with Gasteiger partial charge in [-0.15, -0.1) is 11.3 Å². The van der Waals surface area contributed by atoms with Crippen molar-refractivity contribution in [3.05, 3.63) is 44.6 Å². The molecule has 3 rings (SSSR count). The van der Waals surface area contributed by atoms with Crippen LogP contribution in [0.1, 0.15) is 9.67 Å². The van der Waals surface area contributed by atoms with E-state index in [1.54, 1.807) is 18.2 Å². The molecule has 0 saturated carbocycles. The molecule has 0 atom stereocenters. The Bertz CT molecular complexity index is 861. The van der Waals surface area contributed by atoms with Crippen LogP contribution in [0.3, 0.4) is 0 Å². The number of amides is 1. The zero-order chi connectivity index (χ0) is 15.7. The number of rotatable bonds is 2. The number of nitrogens with one attached hydrogen (secondary N) is 2. The van der Waals surface area contributed by atoms with Gasteiger partial charge in [-0.25, -0.2) is 4.98 Å². The molecule has 0 aliphatic rings. The highest BCUT2D eigenvalue weighted by Crippen LogP contribution is 2.35. The monoisotopic (exact) mass is 387 g/mol. The van der Waals surface area contributed by atoms with Gasteiger partial charge in [-0.05, 0) is 35.8 Å². The summed E-state index contributed by atoms with van der Waals surface area (Å²) in [5, 5.41) is 8.87. The van der Waals surface area contributed by atoms with Gasteiger partial charge in [0.15, 0.2) is 10.2 Å². The van der Waals surface area contributed by atoms with E-state index >= 15 is 0 Å². The first kappa shape index (κ1) is 15.6. The highest BCUT2D eigenvalue weighted by molar-refractivity contribution is 7.80. The maximum Gasteiger partial charge on any atom is 0.267 e. The standard InChI is InChI=1S/C13H7Cl2N3OS3/c14-6-3-4-7-10(9(6)15)16-13(22-7)18-12(20)17-11(19)8-2-1-5-21-8/h1-5H,(H2,16,17,18,19,20). The molecule has 0 saturated heterocycles. The van der Waals surface area contributed by atoms with Gasteiger partial charge in [-0.3, -0.25) is 10.1 Å². The summed E-state index contributed by atoms with van der Waals surface area (Å²) < 4.78 is 0.879. The number of hydrogen-bond acceptors (Lipinski definition) is 5. The van der Waals surface area contributed by atoms with Crippen molar-refractivity contribution in [1.82, 2.24) is 10.3 Å². The Labute approximate surface area is 149 Å². The highest BCUT2D eigenvalue weighted by atomic mass is 35.5. The minimum atomic E-state index is -0.255. The first-order valence-electron chi connectivity index (χ1n) is 5.95. The molecule has 22 heavy (non-hydrogen) atoms. The van der Waals surface area contributed by atoms with Crippen molar-refractivity contribution in [2.75, 3.05) is 5.32 Å². The van der Waals surface area contributed by atoms with Crippen molar-refractivity contribution in [2.45, 2.75) is 0 Å². The van der Waals surface area contributed by atoms with E-state index in [1.165, 1.54) is 22.7 Å². The maximum atomic E-state index is 11.9. The van der Waals surface area contributed by atoms with Crippen LogP contribution in [-0.4, -0.2) is 16.0 Å². The van der Waals surface area contributed by atoms with Crippen LogP contribution in [0, 0.1) is 0 Å².